The summed E-state index contributed by atoms with van der Waals surface area (Å²) in [4.78, 5) is 16.4. The fraction of sp³-hybridized carbons (Fsp3) is 0.611. The monoisotopic (exact) mass is 322 g/mol. The Morgan fingerprint density at radius 1 is 1.04 bits per heavy atom. The van der Waals surface area contributed by atoms with Crippen LogP contribution in [0.5, 0.6) is 0 Å². The Balaban J connectivity index is 2.80. The van der Waals surface area contributed by atoms with Gasteiger partial charge in [0.15, 0.2) is 0 Å². The van der Waals surface area contributed by atoms with Crippen molar-refractivity contribution in [3.63, 3.8) is 0 Å². The highest BCUT2D eigenvalue weighted by Crippen LogP contribution is 2.14. The maximum Gasteiger partial charge on any atom is 0.224 e. The zero-order valence-corrected chi connectivity index (χ0v) is 14.3. The van der Waals surface area contributed by atoms with Gasteiger partial charge in [0.25, 0.3) is 0 Å². The number of carbonyl (C=O) groups is 1. The van der Waals surface area contributed by atoms with Gasteiger partial charge < -0.3 is 20.0 Å². The van der Waals surface area contributed by atoms with E-state index in [-0.39, 0.29) is 38.3 Å². The van der Waals surface area contributed by atoms with Gasteiger partial charge in [-0.25, -0.2) is 0 Å². The minimum Gasteiger partial charge on any atom is -0.395 e. The molecule has 23 heavy (non-hydrogen) atoms. The molecule has 130 valence electrons. The highest BCUT2D eigenvalue weighted by atomic mass is 16.3. The van der Waals surface area contributed by atoms with Crippen molar-refractivity contribution in [2.75, 3.05) is 39.4 Å². The molecule has 1 amide bonds. The average Bonchev–Trinajstić information content (AvgIpc) is 2.56. The third-order valence-corrected chi connectivity index (χ3v) is 4.15. The van der Waals surface area contributed by atoms with E-state index in [2.05, 4.69) is 30.9 Å². The van der Waals surface area contributed by atoms with Gasteiger partial charge in [-0.3, -0.25) is 4.79 Å². The lowest BCUT2D eigenvalue weighted by molar-refractivity contribution is -0.133. The normalized spacial score (nSPS) is 12.4. The molecule has 0 saturated carbocycles. The van der Waals surface area contributed by atoms with Gasteiger partial charge in [0, 0.05) is 25.6 Å². The molecular formula is C18H30N2O3. The highest BCUT2D eigenvalue weighted by molar-refractivity contribution is 5.76. The van der Waals surface area contributed by atoms with E-state index in [0.29, 0.717) is 6.42 Å². The molecule has 0 heterocycles. The molecule has 1 aromatic rings. The molecule has 1 aromatic carbocycles. The Morgan fingerprint density at radius 2 is 1.61 bits per heavy atom. The molecule has 0 fully saturated rings. The largest absolute Gasteiger partial charge is 0.395 e. The Hall–Kier alpha value is -1.43. The van der Waals surface area contributed by atoms with Gasteiger partial charge in [-0.15, -0.1) is 0 Å². The van der Waals surface area contributed by atoms with Crippen LogP contribution in [-0.4, -0.2) is 71.4 Å². The van der Waals surface area contributed by atoms with Crippen molar-refractivity contribution in [2.24, 2.45) is 0 Å². The first-order chi connectivity index (χ1) is 11.2. The smallest absolute Gasteiger partial charge is 0.224 e. The first-order valence-corrected chi connectivity index (χ1v) is 8.43. The Kier molecular flexibility index (Phi) is 9.52. The molecule has 0 aromatic heterocycles. The molecule has 0 aliphatic carbocycles. The molecule has 0 spiro atoms. The lowest BCUT2D eigenvalue weighted by Gasteiger charge is -2.31. The lowest BCUT2D eigenvalue weighted by atomic mass is 10.0. The van der Waals surface area contributed by atoms with E-state index < -0.39 is 0 Å². The van der Waals surface area contributed by atoms with Crippen LogP contribution < -0.4 is 0 Å². The van der Waals surface area contributed by atoms with Gasteiger partial charge in [-0.1, -0.05) is 44.2 Å². The van der Waals surface area contributed by atoms with Crippen LogP contribution in [0.1, 0.15) is 25.8 Å². The van der Waals surface area contributed by atoms with Crippen LogP contribution in [0.25, 0.3) is 0 Å². The van der Waals surface area contributed by atoms with E-state index in [1.807, 2.05) is 18.2 Å². The average molecular weight is 322 g/mol. The molecule has 0 bridgehead atoms. The second-order valence-corrected chi connectivity index (χ2v) is 5.60. The number of amides is 1. The Bertz CT molecular complexity index is 429. The van der Waals surface area contributed by atoms with Crippen molar-refractivity contribution in [1.82, 2.24) is 9.80 Å². The molecule has 5 heteroatoms. The number of likely N-dealkylation sites (N-methyl/N-ethyl adjacent to an activating group) is 1. The third kappa shape index (κ3) is 6.69. The van der Waals surface area contributed by atoms with Gasteiger partial charge >= 0.3 is 0 Å². The lowest BCUT2D eigenvalue weighted by Crippen LogP contribution is -2.43. The van der Waals surface area contributed by atoms with Gasteiger partial charge in [-0.2, -0.15) is 0 Å². The quantitative estimate of drug-likeness (QED) is 0.641. The van der Waals surface area contributed by atoms with Gasteiger partial charge in [0.05, 0.1) is 13.2 Å². The van der Waals surface area contributed by atoms with Gasteiger partial charge in [0.2, 0.25) is 5.91 Å². The van der Waals surface area contributed by atoms with Crippen LogP contribution in [0.2, 0.25) is 0 Å². The molecule has 0 aliphatic heterocycles. The van der Waals surface area contributed by atoms with Crippen LogP contribution in [0.15, 0.2) is 30.3 Å². The summed E-state index contributed by atoms with van der Waals surface area (Å²) in [6, 6.07) is 10.3. The first kappa shape index (κ1) is 19.6. The number of aliphatic hydroxyl groups is 2. The van der Waals surface area contributed by atoms with Crippen molar-refractivity contribution < 1.29 is 15.0 Å². The van der Waals surface area contributed by atoms with Crippen LogP contribution in [0.4, 0.5) is 0 Å². The van der Waals surface area contributed by atoms with Crippen LogP contribution >= 0.6 is 0 Å². The van der Waals surface area contributed by atoms with E-state index in [1.54, 1.807) is 4.90 Å². The first-order valence-electron chi connectivity index (χ1n) is 8.43. The number of aliphatic hydroxyl groups excluding tert-OH is 2. The molecule has 0 radical (unpaired) electrons. The van der Waals surface area contributed by atoms with E-state index in [4.69, 9.17) is 10.2 Å². The molecule has 1 rings (SSSR count). The molecule has 1 atom stereocenters. The van der Waals surface area contributed by atoms with Crippen molar-refractivity contribution in [1.29, 1.82) is 0 Å². The van der Waals surface area contributed by atoms with Crippen molar-refractivity contribution in [2.45, 2.75) is 32.7 Å². The minimum atomic E-state index is -0.0830. The zero-order chi connectivity index (χ0) is 17.1. The molecule has 2 N–H and O–H groups in total. The number of rotatable bonds is 11. The number of carbonyl (C=O) groups excluding carboxylic acids is 1. The number of hydrogen-bond acceptors (Lipinski definition) is 4. The third-order valence-electron chi connectivity index (χ3n) is 4.15. The van der Waals surface area contributed by atoms with E-state index in [9.17, 15) is 4.79 Å². The highest BCUT2D eigenvalue weighted by Gasteiger charge is 2.23. The summed E-state index contributed by atoms with van der Waals surface area (Å²) in [7, 11) is 0. The summed E-state index contributed by atoms with van der Waals surface area (Å²) in [6.07, 6.45) is 1.22. The fourth-order valence-electron chi connectivity index (χ4n) is 2.89. The minimum absolute atomic E-state index is 0.0130. The Labute approximate surface area is 139 Å². The molecular weight excluding hydrogens is 292 g/mol. The summed E-state index contributed by atoms with van der Waals surface area (Å²) >= 11 is 0. The van der Waals surface area contributed by atoms with Crippen LogP contribution in [0.3, 0.4) is 0 Å². The second-order valence-electron chi connectivity index (χ2n) is 5.60. The molecule has 0 saturated heterocycles. The fourth-order valence-corrected chi connectivity index (χ4v) is 2.89. The summed E-state index contributed by atoms with van der Waals surface area (Å²) in [6.45, 7) is 6.37. The molecule has 5 nitrogen and oxygen atoms in total. The van der Waals surface area contributed by atoms with E-state index >= 15 is 0 Å². The zero-order valence-electron chi connectivity index (χ0n) is 14.3. The predicted octanol–water partition coefficient (Wildman–Crippen LogP) is 1.14. The number of benzene rings is 1. The van der Waals surface area contributed by atoms with E-state index in [1.165, 1.54) is 5.56 Å². The SMILES string of the molecule is CCN(CC)C(CC(=O)N(CCO)CCO)Cc1ccccc1. The number of hydrogen-bond donors (Lipinski definition) is 2. The van der Waals surface area contributed by atoms with Crippen LogP contribution in [0, 0.1) is 0 Å². The summed E-state index contributed by atoms with van der Waals surface area (Å²) < 4.78 is 0. The number of nitrogens with zero attached hydrogens (tertiary/aromatic N) is 2. The van der Waals surface area contributed by atoms with Crippen molar-refractivity contribution in [3.8, 4) is 0 Å². The topological polar surface area (TPSA) is 64.0 Å². The summed E-state index contributed by atoms with van der Waals surface area (Å²) in [5.41, 5.74) is 1.22. The summed E-state index contributed by atoms with van der Waals surface area (Å²) in [5.74, 6) is -0.0130. The Morgan fingerprint density at radius 3 is 2.09 bits per heavy atom. The predicted molar refractivity (Wildman–Crippen MR) is 92.2 cm³/mol. The van der Waals surface area contributed by atoms with Crippen LogP contribution in [-0.2, 0) is 11.2 Å². The molecule has 1 unspecified atom stereocenters. The summed E-state index contributed by atoms with van der Waals surface area (Å²) in [5, 5.41) is 18.2. The molecule has 0 aliphatic rings. The van der Waals surface area contributed by atoms with E-state index in [0.717, 1.165) is 19.5 Å². The standard InChI is InChI=1S/C18H30N2O3/c1-3-19(4-2)17(14-16-8-6-5-7-9-16)15-18(23)20(10-12-21)11-13-22/h5-9,17,21-22H,3-4,10-15H2,1-2H3. The van der Waals surface area contributed by atoms with Crippen molar-refractivity contribution in [3.05, 3.63) is 35.9 Å². The van der Waals surface area contributed by atoms with Gasteiger partial charge in [-0.05, 0) is 25.1 Å². The van der Waals surface area contributed by atoms with Crippen molar-refractivity contribution >= 4 is 5.91 Å². The van der Waals surface area contributed by atoms with Gasteiger partial charge in [0.1, 0.15) is 0 Å². The second kappa shape index (κ2) is 11.2. The maximum absolute atomic E-state index is 12.5. The maximum atomic E-state index is 12.5.